The standard InChI is InChI=1S/C18H23ClN2O6S2/c1-12(19)10-15(29(24,25)21(2)3)16(28)17(22)20-14-7-5-6-13(11-14)18(23)27-9-8-26-4/h5-7,10-11,28H,8-9H2,1-4H3,(H,20,22)/b12-10+,16-15+. The molecule has 0 fully saturated rings. The fourth-order valence-electron chi connectivity index (χ4n) is 1.97. The Morgan fingerprint density at radius 1 is 1.28 bits per heavy atom. The molecule has 0 aliphatic carbocycles. The first-order valence-corrected chi connectivity index (χ1v) is 10.5. The van der Waals surface area contributed by atoms with Crippen LogP contribution < -0.4 is 5.32 Å². The number of sulfonamides is 1. The summed E-state index contributed by atoms with van der Waals surface area (Å²) >= 11 is 9.91. The minimum Gasteiger partial charge on any atom is -0.460 e. The number of anilines is 1. The number of benzene rings is 1. The highest BCUT2D eigenvalue weighted by molar-refractivity contribution is 7.95. The van der Waals surface area contributed by atoms with Gasteiger partial charge in [-0.2, -0.15) is 0 Å². The van der Waals surface area contributed by atoms with Crippen LogP contribution in [-0.2, 0) is 24.3 Å². The van der Waals surface area contributed by atoms with Crippen molar-refractivity contribution in [2.24, 2.45) is 0 Å². The molecule has 0 radical (unpaired) electrons. The lowest BCUT2D eigenvalue weighted by molar-refractivity contribution is -0.112. The molecule has 8 nitrogen and oxygen atoms in total. The second kappa shape index (κ2) is 11.4. The van der Waals surface area contributed by atoms with Gasteiger partial charge >= 0.3 is 5.97 Å². The van der Waals surface area contributed by atoms with Crippen LogP contribution in [0.2, 0.25) is 0 Å². The van der Waals surface area contributed by atoms with E-state index in [9.17, 15) is 18.0 Å². The van der Waals surface area contributed by atoms with E-state index in [1.165, 1.54) is 46.3 Å². The fourth-order valence-corrected chi connectivity index (χ4v) is 3.67. The van der Waals surface area contributed by atoms with E-state index in [-0.39, 0.29) is 39.3 Å². The van der Waals surface area contributed by atoms with Gasteiger partial charge < -0.3 is 14.8 Å². The first kappa shape index (κ1) is 25.2. The largest absolute Gasteiger partial charge is 0.460 e. The van der Waals surface area contributed by atoms with Crippen LogP contribution in [0, 0.1) is 0 Å². The van der Waals surface area contributed by atoms with Gasteiger partial charge in [0.05, 0.1) is 17.1 Å². The minimum absolute atomic E-state index is 0.0886. The molecule has 1 amide bonds. The predicted molar refractivity (Wildman–Crippen MR) is 115 cm³/mol. The maximum atomic E-state index is 12.6. The summed E-state index contributed by atoms with van der Waals surface area (Å²) in [4.78, 5) is 23.9. The number of nitrogens with one attached hydrogen (secondary N) is 1. The van der Waals surface area contributed by atoms with Gasteiger partial charge in [-0.1, -0.05) is 17.7 Å². The van der Waals surface area contributed by atoms with Crippen molar-refractivity contribution in [2.45, 2.75) is 6.92 Å². The molecule has 1 N–H and O–H groups in total. The molecule has 160 valence electrons. The third-order valence-electron chi connectivity index (χ3n) is 3.41. The minimum atomic E-state index is -3.98. The van der Waals surface area contributed by atoms with Gasteiger partial charge in [0, 0.05) is 31.9 Å². The highest BCUT2D eigenvalue weighted by atomic mass is 35.5. The number of hydrogen-bond donors (Lipinski definition) is 2. The van der Waals surface area contributed by atoms with Gasteiger partial charge in [0.2, 0.25) is 10.0 Å². The zero-order valence-corrected chi connectivity index (χ0v) is 18.9. The lowest BCUT2D eigenvalue weighted by Crippen LogP contribution is -2.26. The van der Waals surface area contributed by atoms with Crippen molar-refractivity contribution in [1.82, 2.24) is 4.31 Å². The number of halogens is 1. The number of carbonyl (C=O) groups excluding carboxylic acids is 2. The van der Waals surface area contributed by atoms with Crippen molar-refractivity contribution in [2.75, 3.05) is 39.7 Å². The van der Waals surface area contributed by atoms with Gasteiger partial charge in [-0.25, -0.2) is 17.5 Å². The second-order valence-electron chi connectivity index (χ2n) is 5.90. The molecule has 0 aromatic heterocycles. The van der Waals surface area contributed by atoms with E-state index in [1.807, 2.05) is 0 Å². The Bertz CT molecular complexity index is 922. The van der Waals surface area contributed by atoms with Crippen molar-refractivity contribution in [3.8, 4) is 0 Å². The van der Waals surface area contributed by atoms with Crippen molar-refractivity contribution in [3.63, 3.8) is 0 Å². The Balaban J connectivity index is 3.15. The van der Waals surface area contributed by atoms with Crippen LogP contribution >= 0.6 is 24.2 Å². The summed E-state index contributed by atoms with van der Waals surface area (Å²) in [6.07, 6.45) is 1.14. The number of rotatable bonds is 9. The highest BCUT2D eigenvalue weighted by Gasteiger charge is 2.25. The third-order valence-corrected chi connectivity index (χ3v) is 5.96. The monoisotopic (exact) mass is 462 g/mol. The quantitative estimate of drug-likeness (QED) is 0.192. The second-order valence-corrected chi connectivity index (χ2v) is 9.06. The van der Waals surface area contributed by atoms with E-state index in [2.05, 4.69) is 17.9 Å². The average molecular weight is 463 g/mol. The molecule has 0 saturated heterocycles. The lowest BCUT2D eigenvalue weighted by Gasteiger charge is -2.15. The molecule has 1 aromatic carbocycles. The topological polar surface area (TPSA) is 102 Å². The maximum absolute atomic E-state index is 12.6. The van der Waals surface area contributed by atoms with Crippen LogP contribution in [0.15, 0.2) is 45.2 Å². The number of methoxy groups -OCH3 is 1. The molecule has 0 saturated carbocycles. The Labute approximate surface area is 181 Å². The van der Waals surface area contributed by atoms with Gasteiger partial charge in [0.1, 0.15) is 11.5 Å². The van der Waals surface area contributed by atoms with Gasteiger partial charge in [-0.15, -0.1) is 12.6 Å². The zero-order chi connectivity index (χ0) is 22.2. The smallest absolute Gasteiger partial charge is 0.338 e. The van der Waals surface area contributed by atoms with E-state index in [0.29, 0.717) is 0 Å². The SMILES string of the molecule is COCCOC(=O)c1cccc(NC(=O)/C(S)=C(/C=C(\C)Cl)S(=O)(=O)N(C)C)c1. The van der Waals surface area contributed by atoms with Gasteiger partial charge in [0.25, 0.3) is 5.91 Å². The van der Waals surface area contributed by atoms with Crippen LogP contribution in [0.3, 0.4) is 0 Å². The molecule has 0 aliphatic heterocycles. The summed E-state index contributed by atoms with van der Waals surface area (Å²) in [6, 6.07) is 6.00. The van der Waals surface area contributed by atoms with Crippen molar-refractivity contribution >= 4 is 51.8 Å². The first-order valence-electron chi connectivity index (χ1n) is 8.27. The summed E-state index contributed by atoms with van der Waals surface area (Å²) in [5.74, 6) is -1.37. The molecular formula is C18H23ClN2O6S2. The number of nitrogens with zero attached hydrogens (tertiary/aromatic N) is 1. The van der Waals surface area contributed by atoms with Crippen LogP contribution in [0.5, 0.6) is 0 Å². The van der Waals surface area contributed by atoms with Crippen LogP contribution in [0.1, 0.15) is 17.3 Å². The Kier molecular flexibility index (Phi) is 9.87. The van der Waals surface area contributed by atoms with Crippen molar-refractivity contribution in [3.05, 3.63) is 50.7 Å². The molecule has 0 heterocycles. The summed E-state index contributed by atoms with van der Waals surface area (Å²) < 4.78 is 35.8. The van der Waals surface area contributed by atoms with Gasteiger partial charge in [-0.3, -0.25) is 4.79 Å². The molecule has 1 rings (SSSR count). The van der Waals surface area contributed by atoms with Gasteiger partial charge in [0.15, 0.2) is 0 Å². The van der Waals surface area contributed by atoms with E-state index in [4.69, 9.17) is 21.1 Å². The van der Waals surface area contributed by atoms with E-state index < -0.39 is 21.9 Å². The molecular weight excluding hydrogens is 440 g/mol. The number of allylic oxidation sites excluding steroid dienone is 2. The number of thiol groups is 1. The third kappa shape index (κ3) is 7.48. The molecule has 0 unspecified atom stereocenters. The lowest BCUT2D eigenvalue weighted by atomic mass is 10.2. The Morgan fingerprint density at radius 3 is 2.48 bits per heavy atom. The number of carbonyl (C=O) groups is 2. The molecule has 1 aromatic rings. The van der Waals surface area contributed by atoms with E-state index >= 15 is 0 Å². The molecule has 0 atom stereocenters. The molecule has 29 heavy (non-hydrogen) atoms. The number of esters is 1. The predicted octanol–water partition coefficient (Wildman–Crippen LogP) is 2.60. The van der Waals surface area contributed by atoms with Crippen molar-refractivity contribution in [1.29, 1.82) is 0 Å². The molecule has 0 aliphatic rings. The summed E-state index contributed by atoms with van der Waals surface area (Å²) in [6.45, 7) is 1.82. The van der Waals surface area contributed by atoms with E-state index in [0.717, 1.165) is 10.4 Å². The van der Waals surface area contributed by atoms with Crippen LogP contribution in [-0.4, -0.2) is 59.0 Å². The molecule has 0 bridgehead atoms. The van der Waals surface area contributed by atoms with Crippen LogP contribution in [0.4, 0.5) is 5.69 Å². The van der Waals surface area contributed by atoms with Crippen LogP contribution in [0.25, 0.3) is 0 Å². The molecule has 11 heteroatoms. The average Bonchev–Trinajstić information content (AvgIpc) is 2.65. The van der Waals surface area contributed by atoms with E-state index in [1.54, 1.807) is 6.07 Å². The number of amides is 1. The first-order chi connectivity index (χ1) is 13.5. The van der Waals surface area contributed by atoms with Crippen molar-refractivity contribution < 1.29 is 27.5 Å². The molecule has 0 spiro atoms. The summed E-state index contributed by atoms with van der Waals surface area (Å²) in [5, 5.41) is 2.67. The Hall–Kier alpha value is -1.85. The number of hydrogen-bond acceptors (Lipinski definition) is 7. The highest BCUT2D eigenvalue weighted by Crippen LogP contribution is 2.23. The Morgan fingerprint density at radius 2 is 1.93 bits per heavy atom. The number of ether oxygens (including phenoxy) is 2. The summed E-state index contributed by atoms with van der Waals surface area (Å²) in [5.41, 5.74) is 0.470. The maximum Gasteiger partial charge on any atom is 0.338 e. The normalized spacial score (nSPS) is 13.1. The zero-order valence-electron chi connectivity index (χ0n) is 16.4. The van der Waals surface area contributed by atoms with Gasteiger partial charge in [-0.05, 0) is 31.2 Å². The summed E-state index contributed by atoms with van der Waals surface area (Å²) in [7, 11) is 0.156. The fraction of sp³-hybridized carbons (Fsp3) is 0.333.